The largest absolute Gasteiger partial charge is 0.454 e. The van der Waals surface area contributed by atoms with E-state index >= 15 is 0 Å². The highest BCUT2D eigenvalue weighted by molar-refractivity contribution is 9.10. The maximum absolute atomic E-state index is 12.6. The summed E-state index contributed by atoms with van der Waals surface area (Å²) in [6.07, 6.45) is 0. The molecule has 1 aromatic carbocycles. The van der Waals surface area contributed by atoms with Crippen LogP contribution in [0, 0.1) is 0 Å². The van der Waals surface area contributed by atoms with E-state index in [4.69, 9.17) is 9.47 Å². The first kappa shape index (κ1) is 10.4. The van der Waals surface area contributed by atoms with Crippen LogP contribution >= 0.6 is 15.9 Å². The van der Waals surface area contributed by atoms with Gasteiger partial charge in [0.1, 0.15) is 0 Å². The third kappa shape index (κ3) is 1.94. The van der Waals surface area contributed by atoms with E-state index in [1.54, 1.807) is 0 Å². The number of benzene rings is 1. The van der Waals surface area contributed by atoms with Crippen molar-refractivity contribution in [3.63, 3.8) is 0 Å². The van der Waals surface area contributed by atoms with Crippen LogP contribution < -0.4 is 9.47 Å². The van der Waals surface area contributed by atoms with Crippen molar-refractivity contribution in [3.05, 3.63) is 23.8 Å². The molecule has 1 heterocycles. The van der Waals surface area contributed by atoms with Gasteiger partial charge in [-0.3, -0.25) is 4.79 Å². The van der Waals surface area contributed by atoms with Gasteiger partial charge in [0.05, 0.1) is 0 Å². The second-order valence-corrected chi connectivity index (χ2v) is 3.89. The maximum atomic E-state index is 12.6. The second-order valence-electron chi connectivity index (χ2n) is 2.89. The van der Waals surface area contributed by atoms with Crippen LogP contribution in [0.25, 0.3) is 0 Å². The predicted molar refractivity (Wildman–Crippen MR) is 50.8 cm³/mol. The van der Waals surface area contributed by atoms with Crippen LogP contribution in [0.15, 0.2) is 18.2 Å². The molecule has 0 amide bonds. The van der Waals surface area contributed by atoms with E-state index in [-0.39, 0.29) is 12.4 Å². The molecule has 0 aliphatic carbocycles. The molecule has 0 saturated carbocycles. The smallest absolute Gasteiger partial charge is 0.363 e. The Bertz CT molecular complexity index is 414. The van der Waals surface area contributed by atoms with Crippen molar-refractivity contribution in [2.45, 2.75) is 4.83 Å². The molecule has 1 aliphatic heterocycles. The van der Waals surface area contributed by atoms with Crippen molar-refractivity contribution in [2.24, 2.45) is 0 Å². The minimum absolute atomic E-state index is 0.0394. The van der Waals surface area contributed by atoms with E-state index in [1.165, 1.54) is 18.2 Å². The molecule has 0 unspecified atom stereocenters. The summed E-state index contributed by atoms with van der Waals surface area (Å²) in [6.45, 7) is 0.0394. The minimum atomic E-state index is -3.55. The van der Waals surface area contributed by atoms with Gasteiger partial charge in [-0.1, -0.05) is 0 Å². The maximum Gasteiger partial charge on any atom is 0.363 e. The number of hydrogen-bond acceptors (Lipinski definition) is 3. The number of ketones is 1. The van der Waals surface area contributed by atoms with Gasteiger partial charge in [-0.2, -0.15) is 8.78 Å². The van der Waals surface area contributed by atoms with Gasteiger partial charge < -0.3 is 9.47 Å². The predicted octanol–water partition coefficient (Wildman–Crippen LogP) is 2.59. The quantitative estimate of drug-likeness (QED) is 0.616. The molecule has 15 heavy (non-hydrogen) atoms. The Hall–Kier alpha value is -1.17. The lowest BCUT2D eigenvalue weighted by molar-refractivity contribution is 0.0592. The Labute approximate surface area is 92.1 Å². The number of Topliss-reactive ketones (excluding diaryl/α,β-unsaturated/α-hetero) is 1. The van der Waals surface area contributed by atoms with Gasteiger partial charge in [0.25, 0.3) is 0 Å². The number of ether oxygens (including phenoxy) is 2. The van der Waals surface area contributed by atoms with Gasteiger partial charge in [0.2, 0.25) is 12.6 Å². The molecule has 0 N–H and O–H groups in total. The molecule has 0 fully saturated rings. The van der Waals surface area contributed by atoms with E-state index in [1.807, 2.05) is 15.9 Å². The topological polar surface area (TPSA) is 35.5 Å². The fourth-order valence-electron chi connectivity index (χ4n) is 1.20. The van der Waals surface area contributed by atoms with E-state index in [0.29, 0.717) is 11.5 Å². The summed E-state index contributed by atoms with van der Waals surface area (Å²) < 4.78 is 35.3. The molecular weight excluding hydrogens is 274 g/mol. The molecule has 0 aromatic heterocycles. The molecule has 1 aromatic rings. The van der Waals surface area contributed by atoms with Crippen LogP contribution in [0.5, 0.6) is 11.5 Å². The number of carbonyl (C=O) groups excluding carboxylic acids is 1. The highest BCUT2D eigenvalue weighted by Crippen LogP contribution is 2.35. The van der Waals surface area contributed by atoms with Gasteiger partial charge >= 0.3 is 4.83 Å². The molecule has 1 aliphatic rings. The van der Waals surface area contributed by atoms with Crippen molar-refractivity contribution in [3.8, 4) is 11.5 Å². The second kappa shape index (κ2) is 3.44. The number of halogens is 3. The van der Waals surface area contributed by atoms with Crippen LogP contribution in [0.4, 0.5) is 8.78 Å². The first-order valence-corrected chi connectivity index (χ1v) is 4.79. The highest BCUT2D eigenvalue weighted by Gasteiger charge is 2.36. The average Bonchev–Trinajstić information content (AvgIpc) is 2.61. The molecule has 0 saturated heterocycles. The van der Waals surface area contributed by atoms with Crippen molar-refractivity contribution >= 4 is 21.7 Å². The Balaban J connectivity index is 2.35. The monoisotopic (exact) mass is 278 g/mol. The van der Waals surface area contributed by atoms with Crippen LogP contribution in [-0.4, -0.2) is 17.4 Å². The molecule has 0 bridgehead atoms. The molecule has 80 valence electrons. The van der Waals surface area contributed by atoms with E-state index in [2.05, 4.69) is 0 Å². The summed E-state index contributed by atoms with van der Waals surface area (Å²) >= 11 is 2.01. The summed E-state index contributed by atoms with van der Waals surface area (Å²) in [5.41, 5.74) is -0.124. The molecular formula is C9H5BrF2O3. The minimum Gasteiger partial charge on any atom is -0.454 e. The van der Waals surface area contributed by atoms with Crippen molar-refractivity contribution in [2.75, 3.05) is 6.79 Å². The summed E-state index contributed by atoms with van der Waals surface area (Å²) in [7, 11) is 0. The van der Waals surface area contributed by atoms with Crippen molar-refractivity contribution < 1.29 is 23.0 Å². The zero-order chi connectivity index (χ0) is 11.1. The van der Waals surface area contributed by atoms with Gasteiger partial charge in [0.15, 0.2) is 11.5 Å². The zero-order valence-corrected chi connectivity index (χ0v) is 8.88. The lowest BCUT2D eigenvalue weighted by Crippen LogP contribution is -2.20. The normalized spacial score (nSPS) is 14.1. The Morgan fingerprint density at radius 3 is 2.67 bits per heavy atom. The zero-order valence-electron chi connectivity index (χ0n) is 7.30. The van der Waals surface area contributed by atoms with Crippen LogP contribution in [0.1, 0.15) is 10.4 Å². The van der Waals surface area contributed by atoms with E-state index in [9.17, 15) is 13.6 Å². The third-order valence-corrected chi connectivity index (χ3v) is 2.25. The number of fused-ring (bicyclic) bond motifs is 1. The van der Waals surface area contributed by atoms with Crippen LogP contribution in [-0.2, 0) is 0 Å². The average molecular weight is 279 g/mol. The number of alkyl halides is 3. The van der Waals surface area contributed by atoms with Gasteiger partial charge in [-0.05, 0) is 34.1 Å². The molecule has 2 rings (SSSR count). The first-order valence-electron chi connectivity index (χ1n) is 3.99. The third-order valence-electron chi connectivity index (χ3n) is 1.89. The van der Waals surface area contributed by atoms with Gasteiger partial charge in [-0.15, -0.1) is 0 Å². The molecule has 0 atom stereocenters. The number of carbonyl (C=O) groups is 1. The Morgan fingerprint density at radius 1 is 1.33 bits per heavy atom. The molecule has 0 radical (unpaired) electrons. The standard InChI is InChI=1S/C9H5BrF2O3/c10-9(11,12)8(13)5-1-2-6-7(3-5)15-4-14-6/h1-3H,4H2. The fraction of sp³-hybridized carbons (Fsp3) is 0.222. The van der Waals surface area contributed by atoms with E-state index < -0.39 is 10.6 Å². The summed E-state index contributed by atoms with van der Waals surface area (Å²) in [5, 5.41) is 0. The first-order chi connectivity index (χ1) is 6.98. The van der Waals surface area contributed by atoms with Crippen LogP contribution in [0.3, 0.4) is 0 Å². The number of rotatable bonds is 2. The Morgan fingerprint density at radius 2 is 2.00 bits per heavy atom. The van der Waals surface area contributed by atoms with Crippen molar-refractivity contribution in [1.29, 1.82) is 0 Å². The van der Waals surface area contributed by atoms with Crippen LogP contribution in [0.2, 0.25) is 0 Å². The highest BCUT2D eigenvalue weighted by atomic mass is 79.9. The fourth-order valence-corrected chi connectivity index (χ4v) is 1.43. The lowest BCUT2D eigenvalue weighted by Gasteiger charge is -2.07. The lowest BCUT2D eigenvalue weighted by atomic mass is 10.1. The molecule has 0 spiro atoms. The summed E-state index contributed by atoms with van der Waals surface area (Å²) in [4.78, 5) is 7.62. The van der Waals surface area contributed by atoms with Gasteiger partial charge in [0, 0.05) is 5.56 Å². The molecule has 6 heteroatoms. The molecule has 3 nitrogen and oxygen atoms in total. The SMILES string of the molecule is O=C(c1ccc2c(c1)OCO2)C(F)(F)Br. The Kier molecular flexibility index (Phi) is 2.38. The van der Waals surface area contributed by atoms with Crippen molar-refractivity contribution in [1.82, 2.24) is 0 Å². The van der Waals surface area contributed by atoms with Gasteiger partial charge in [-0.25, -0.2) is 0 Å². The summed E-state index contributed by atoms with van der Waals surface area (Å²) in [6, 6.07) is 3.93. The van der Waals surface area contributed by atoms with E-state index in [0.717, 1.165) is 0 Å². The number of hydrogen-bond donors (Lipinski definition) is 0. The summed E-state index contributed by atoms with van der Waals surface area (Å²) in [5.74, 6) is -0.553.